The van der Waals surface area contributed by atoms with Crippen molar-refractivity contribution in [1.82, 2.24) is 9.88 Å². The van der Waals surface area contributed by atoms with E-state index < -0.39 is 12.6 Å². The smallest absolute Gasteiger partial charge is 0.371 e. The number of likely N-dealkylation sites (tertiary alicyclic amines) is 1. The number of aromatic nitrogens is 1. The van der Waals surface area contributed by atoms with E-state index in [9.17, 15) is 13.2 Å². The lowest BCUT2D eigenvalue weighted by Crippen LogP contribution is -2.60. The van der Waals surface area contributed by atoms with Gasteiger partial charge in [0.25, 0.3) is 0 Å². The van der Waals surface area contributed by atoms with Gasteiger partial charge in [0, 0.05) is 50.0 Å². The molecule has 0 saturated carbocycles. The Bertz CT molecular complexity index is 831. The van der Waals surface area contributed by atoms with E-state index in [-0.39, 0.29) is 0 Å². The highest BCUT2D eigenvalue weighted by molar-refractivity contribution is 5.92. The minimum atomic E-state index is -4.19. The zero-order chi connectivity index (χ0) is 19.9. The van der Waals surface area contributed by atoms with Crippen molar-refractivity contribution in [3.63, 3.8) is 0 Å². The molecular weight excluding hydrogens is 363 g/mol. The molecule has 0 bridgehead atoms. The number of hydrogen-bond acceptors (Lipinski definition) is 3. The number of benzene rings is 1. The molecule has 2 aliphatic heterocycles. The lowest BCUT2D eigenvalue weighted by molar-refractivity contribution is -0.127. The van der Waals surface area contributed by atoms with Gasteiger partial charge in [-0.05, 0) is 47.9 Å². The van der Waals surface area contributed by atoms with Gasteiger partial charge in [-0.1, -0.05) is 19.9 Å². The van der Waals surface area contributed by atoms with Gasteiger partial charge < -0.3 is 9.80 Å². The molecule has 2 fully saturated rings. The van der Waals surface area contributed by atoms with Crippen LogP contribution in [0.25, 0.3) is 10.9 Å². The zero-order valence-electron chi connectivity index (χ0n) is 16.6. The molecular formula is C22H28F3N3. The summed E-state index contributed by atoms with van der Waals surface area (Å²) in [5.41, 5.74) is 2.51. The fraction of sp³-hybridized carbons (Fsp3) is 0.591. The third kappa shape index (κ3) is 4.12. The van der Waals surface area contributed by atoms with E-state index in [1.807, 2.05) is 6.07 Å². The second-order valence-corrected chi connectivity index (χ2v) is 9.02. The maximum absolute atomic E-state index is 12.8. The minimum absolute atomic E-state index is 0.297. The molecule has 1 aromatic heterocycles. The van der Waals surface area contributed by atoms with Crippen LogP contribution in [0.4, 0.5) is 18.9 Å². The summed E-state index contributed by atoms with van der Waals surface area (Å²) in [7, 11) is 0. The first-order chi connectivity index (χ1) is 13.2. The van der Waals surface area contributed by atoms with Gasteiger partial charge in [-0.25, -0.2) is 0 Å². The summed E-state index contributed by atoms with van der Waals surface area (Å²) < 4.78 is 38.4. The average molecular weight is 391 g/mol. The van der Waals surface area contributed by atoms with E-state index in [1.54, 1.807) is 18.3 Å². The summed E-state index contributed by atoms with van der Waals surface area (Å²) in [4.78, 5) is 9.23. The number of halogens is 3. The van der Waals surface area contributed by atoms with Gasteiger partial charge in [-0.15, -0.1) is 0 Å². The number of fused-ring (bicyclic) bond motifs is 1. The van der Waals surface area contributed by atoms with E-state index in [2.05, 4.69) is 28.6 Å². The molecule has 0 amide bonds. The van der Waals surface area contributed by atoms with Crippen molar-refractivity contribution < 1.29 is 13.2 Å². The number of hydrogen-bond donors (Lipinski definition) is 0. The molecule has 2 aromatic rings. The average Bonchev–Trinajstić information content (AvgIpc) is 2.59. The van der Waals surface area contributed by atoms with Gasteiger partial charge in [-0.2, -0.15) is 13.2 Å². The fourth-order valence-corrected chi connectivity index (χ4v) is 4.88. The Kier molecular flexibility index (Phi) is 5.02. The highest BCUT2D eigenvalue weighted by Crippen LogP contribution is 2.42. The summed E-state index contributed by atoms with van der Waals surface area (Å²) in [5, 5.41) is 0.829. The highest BCUT2D eigenvalue weighted by Gasteiger charge is 2.44. The molecule has 0 radical (unpaired) electrons. The highest BCUT2D eigenvalue weighted by atomic mass is 19.4. The second kappa shape index (κ2) is 7.21. The van der Waals surface area contributed by atoms with Crippen molar-refractivity contribution >= 4 is 16.6 Å². The largest absolute Gasteiger partial charge is 0.393 e. The van der Waals surface area contributed by atoms with Crippen molar-refractivity contribution in [2.24, 2.45) is 11.3 Å². The second-order valence-electron chi connectivity index (χ2n) is 9.02. The SMILES string of the molecule is CC(C)CN1CC2(CCN(c3ccnc4ccc(CC(F)(F)F)cc34)CC2)C1. The molecule has 28 heavy (non-hydrogen) atoms. The Hall–Kier alpha value is -1.82. The van der Waals surface area contributed by atoms with Crippen molar-refractivity contribution in [1.29, 1.82) is 0 Å². The maximum Gasteiger partial charge on any atom is 0.393 e. The van der Waals surface area contributed by atoms with Crippen molar-refractivity contribution in [3.8, 4) is 0 Å². The van der Waals surface area contributed by atoms with Crippen LogP contribution >= 0.6 is 0 Å². The lowest BCUT2D eigenvalue weighted by Gasteiger charge is -2.55. The summed E-state index contributed by atoms with van der Waals surface area (Å²) in [5.74, 6) is 0.700. The van der Waals surface area contributed by atoms with Gasteiger partial charge in [0.05, 0.1) is 11.9 Å². The summed E-state index contributed by atoms with van der Waals surface area (Å²) >= 11 is 0. The fourth-order valence-electron chi connectivity index (χ4n) is 4.88. The van der Waals surface area contributed by atoms with Gasteiger partial charge in [0.15, 0.2) is 0 Å². The van der Waals surface area contributed by atoms with E-state index in [0.717, 1.165) is 42.5 Å². The third-order valence-electron chi connectivity index (χ3n) is 6.09. The normalized spacial score (nSPS) is 20.1. The van der Waals surface area contributed by atoms with E-state index >= 15 is 0 Å². The van der Waals surface area contributed by atoms with Crippen LogP contribution in [-0.4, -0.2) is 48.8 Å². The number of rotatable bonds is 4. The Morgan fingerprint density at radius 2 is 1.82 bits per heavy atom. The molecule has 2 saturated heterocycles. The molecule has 4 rings (SSSR count). The van der Waals surface area contributed by atoms with Crippen LogP contribution in [-0.2, 0) is 6.42 Å². The molecule has 1 spiro atoms. The molecule has 3 heterocycles. The Labute approximate surface area is 164 Å². The maximum atomic E-state index is 12.8. The molecule has 1 aromatic carbocycles. The predicted octanol–water partition coefficient (Wildman–Crippen LogP) is 4.90. The zero-order valence-corrected chi connectivity index (χ0v) is 16.6. The number of piperidine rings is 1. The molecule has 0 atom stereocenters. The van der Waals surface area contributed by atoms with Gasteiger partial charge in [-0.3, -0.25) is 4.98 Å². The standard InChI is InChI=1S/C22H28F3N3/c1-16(2)13-27-14-21(15-27)6-9-28(10-7-21)20-5-8-26-19-4-3-17(11-18(19)20)12-22(23,24)25/h3-5,8,11,16H,6-7,9-10,12-15H2,1-2H3. The van der Waals surface area contributed by atoms with E-state index in [0.29, 0.717) is 16.9 Å². The first-order valence-electron chi connectivity index (χ1n) is 10.1. The number of nitrogens with zero attached hydrogens (tertiary/aromatic N) is 3. The summed E-state index contributed by atoms with van der Waals surface area (Å²) in [6.45, 7) is 9.97. The van der Waals surface area contributed by atoms with Crippen molar-refractivity contribution in [3.05, 3.63) is 36.0 Å². The molecule has 2 aliphatic rings. The summed E-state index contributed by atoms with van der Waals surface area (Å²) in [6.07, 6.45) is -1.04. The molecule has 0 unspecified atom stereocenters. The van der Waals surface area contributed by atoms with Gasteiger partial charge in [0.2, 0.25) is 0 Å². The predicted molar refractivity (Wildman–Crippen MR) is 107 cm³/mol. The quantitative estimate of drug-likeness (QED) is 0.739. The monoisotopic (exact) mass is 391 g/mol. The van der Waals surface area contributed by atoms with Crippen LogP contribution in [0.15, 0.2) is 30.5 Å². The Morgan fingerprint density at radius 1 is 1.11 bits per heavy atom. The molecule has 0 N–H and O–H groups in total. The topological polar surface area (TPSA) is 19.4 Å². The minimum Gasteiger partial charge on any atom is -0.371 e. The molecule has 0 aliphatic carbocycles. The Balaban J connectivity index is 1.48. The van der Waals surface area contributed by atoms with Gasteiger partial charge >= 0.3 is 6.18 Å². The first-order valence-corrected chi connectivity index (χ1v) is 10.1. The first kappa shape index (κ1) is 19.5. The number of pyridine rings is 1. The molecule has 6 heteroatoms. The van der Waals surface area contributed by atoms with Crippen LogP contribution in [0.1, 0.15) is 32.3 Å². The van der Waals surface area contributed by atoms with Crippen molar-refractivity contribution in [2.75, 3.05) is 37.6 Å². The molecule has 152 valence electrons. The van der Waals surface area contributed by atoms with Crippen molar-refractivity contribution in [2.45, 2.75) is 39.3 Å². The number of alkyl halides is 3. The Morgan fingerprint density at radius 3 is 2.46 bits per heavy atom. The lowest BCUT2D eigenvalue weighted by atomic mass is 9.71. The van der Waals surface area contributed by atoms with Crippen LogP contribution in [0, 0.1) is 11.3 Å². The van der Waals surface area contributed by atoms with Crippen LogP contribution in [0.5, 0.6) is 0 Å². The van der Waals surface area contributed by atoms with E-state index in [1.165, 1.54) is 25.7 Å². The summed E-state index contributed by atoms with van der Waals surface area (Å²) in [6, 6.07) is 6.86. The third-order valence-corrected chi connectivity index (χ3v) is 6.09. The van der Waals surface area contributed by atoms with Crippen LogP contribution in [0.3, 0.4) is 0 Å². The van der Waals surface area contributed by atoms with Gasteiger partial charge in [0.1, 0.15) is 0 Å². The van der Waals surface area contributed by atoms with E-state index in [4.69, 9.17) is 0 Å². The number of anilines is 1. The van der Waals surface area contributed by atoms with Crippen LogP contribution in [0.2, 0.25) is 0 Å². The van der Waals surface area contributed by atoms with Crippen LogP contribution < -0.4 is 4.90 Å². The molecule has 3 nitrogen and oxygen atoms in total.